The van der Waals surface area contributed by atoms with E-state index in [2.05, 4.69) is 5.32 Å². The zero-order valence-electron chi connectivity index (χ0n) is 6.04. The standard InChI is InChI=1S/C8H9NOS/c10-8(9-7-1-2-7)6-3-4-11-5-6/h3-5,7H,1-2H2,(H,9,10). The molecule has 0 aromatic carbocycles. The summed E-state index contributed by atoms with van der Waals surface area (Å²) in [4.78, 5) is 11.3. The molecule has 3 heteroatoms. The third-order valence-corrected chi connectivity index (χ3v) is 2.38. The number of thiophene rings is 1. The minimum absolute atomic E-state index is 0.0775. The molecule has 0 saturated heterocycles. The molecule has 0 atom stereocenters. The van der Waals surface area contributed by atoms with E-state index >= 15 is 0 Å². The van der Waals surface area contributed by atoms with Crippen LogP contribution in [0.3, 0.4) is 0 Å². The molecule has 2 nitrogen and oxygen atoms in total. The Hall–Kier alpha value is -0.830. The van der Waals surface area contributed by atoms with E-state index in [9.17, 15) is 4.79 Å². The highest BCUT2D eigenvalue weighted by molar-refractivity contribution is 7.08. The second-order valence-electron chi connectivity index (χ2n) is 2.76. The maximum Gasteiger partial charge on any atom is 0.252 e. The summed E-state index contributed by atoms with van der Waals surface area (Å²) in [5, 5.41) is 6.72. The summed E-state index contributed by atoms with van der Waals surface area (Å²) in [5.41, 5.74) is 0.793. The largest absolute Gasteiger partial charge is 0.349 e. The third kappa shape index (κ3) is 1.60. The molecule has 0 aliphatic heterocycles. The van der Waals surface area contributed by atoms with Crippen LogP contribution in [0.15, 0.2) is 16.8 Å². The molecular weight excluding hydrogens is 158 g/mol. The highest BCUT2D eigenvalue weighted by Gasteiger charge is 2.23. The molecule has 1 aromatic rings. The van der Waals surface area contributed by atoms with Crippen LogP contribution in [0.25, 0.3) is 0 Å². The topological polar surface area (TPSA) is 29.1 Å². The molecule has 2 rings (SSSR count). The van der Waals surface area contributed by atoms with E-state index in [1.807, 2.05) is 16.8 Å². The maximum atomic E-state index is 11.3. The molecule has 1 aliphatic rings. The van der Waals surface area contributed by atoms with Gasteiger partial charge in [-0.2, -0.15) is 11.3 Å². The molecule has 11 heavy (non-hydrogen) atoms. The molecule has 0 unspecified atom stereocenters. The summed E-state index contributed by atoms with van der Waals surface area (Å²) in [5.74, 6) is 0.0775. The third-order valence-electron chi connectivity index (χ3n) is 1.70. The van der Waals surface area contributed by atoms with E-state index in [0.717, 1.165) is 18.4 Å². The lowest BCUT2D eigenvalue weighted by Gasteiger charge is -1.98. The first-order chi connectivity index (χ1) is 5.36. The van der Waals surface area contributed by atoms with Gasteiger partial charge in [0.1, 0.15) is 0 Å². The van der Waals surface area contributed by atoms with Gasteiger partial charge < -0.3 is 5.32 Å². The number of carbonyl (C=O) groups is 1. The molecule has 1 saturated carbocycles. The maximum absolute atomic E-state index is 11.3. The van der Waals surface area contributed by atoms with Gasteiger partial charge in [-0.15, -0.1) is 0 Å². The predicted molar refractivity (Wildman–Crippen MR) is 44.8 cm³/mol. The summed E-state index contributed by atoms with van der Waals surface area (Å²) in [6.45, 7) is 0. The zero-order valence-corrected chi connectivity index (χ0v) is 6.86. The van der Waals surface area contributed by atoms with Gasteiger partial charge in [-0.05, 0) is 24.3 Å². The fourth-order valence-corrected chi connectivity index (χ4v) is 1.53. The van der Waals surface area contributed by atoms with Gasteiger partial charge in [-0.3, -0.25) is 4.79 Å². The lowest BCUT2D eigenvalue weighted by atomic mass is 10.3. The minimum atomic E-state index is 0.0775. The Kier molecular flexibility index (Phi) is 1.66. The van der Waals surface area contributed by atoms with Crippen LogP contribution in [0, 0.1) is 0 Å². The first-order valence-corrected chi connectivity index (χ1v) is 4.63. The van der Waals surface area contributed by atoms with Crippen molar-refractivity contribution in [3.63, 3.8) is 0 Å². The van der Waals surface area contributed by atoms with Crippen molar-refractivity contribution in [2.45, 2.75) is 18.9 Å². The van der Waals surface area contributed by atoms with Gasteiger partial charge in [-0.1, -0.05) is 0 Å². The highest BCUT2D eigenvalue weighted by atomic mass is 32.1. The molecule has 1 amide bonds. The van der Waals surface area contributed by atoms with Crippen molar-refractivity contribution < 1.29 is 4.79 Å². The summed E-state index contributed by atoms with van der Waals surface area (Å²) in [7, 11) is 0. The first-order valence-electron chi connectivity index (χ1n) is 3.69. The van der Waals surface area contributed by atoms with Crippen LogP contribution < -0.4 is 5.32 Å². The smallest absolute Gasteiger partial charge is 0.252 e. The molecule has 58 valence electrons. The number of hydrogen-bond acceptors (Lipinski definition) is 2. The Morgan fingerprint density at radius 3 is 3.00 bits per heavy atom. The zero-order chi connectivity index (χ0) is 7.68. The van der Waals surface area contributed by atoms with Crippen LogP contribution in [0.2, 0.25) is 0 Å². The molecule has 1 fully saturated rings. The molecule has 0 radical (unpaired) electrons. The van der Waals surface area contributed by atoms with Crippen molar-refractivity contribution in [3.05, 3.63) is 22.4 Å². The Morgan fingerprint density at radius 1 is 1.64 bits per heavy atom. The van der Waals surface area contributed by atoms with Gasteiger partial charge in [0.15, 0.2) is 0 Å². The van der Waals surface area contributed by atoms with Gasteiger partial charge in [0.2, 0.25) is 0 Å². The number of hydrogen-bond donors (Lipinski definition) is 1. The second-order valence-corrected chi connectivity index (χ2v) is 3.54. The molecule has 1 aliphatic carbocycles. The van der Waals surface area contributed by atoms with Crippen LogP contribution in [0.5, 0.6) is 0 Å². The Balaban J connectivity index is 1.99. The van der Waals surface area contributed by atoms with Crippen LogP contribution in [-0.2, 0) is 0 Å². The first kappa shape index (κ1) is 6.85. The predicted octanol–water partition coefficient (Wildman–Crippen LogP) is 1.64. The molecule has 0 bridgehead atoms. The Morgan fingerprint density at radius 2 is 2.45 bits per heavy atom. The average molecular weight is 167 g/mol. The molecule has 1 aromatic heterocycles. The highest BCUT2D eigenvalue weighted by Crippen LogP contribution is 2.19. The van der Waals surface area contributed by atoms with Gasteiger partial charge >= 0.3 is 0 Å². The van der Waals surface area contributed by atoms with E-state index < -0.39 is 0 Å². The van der Waals surface area contributed by atoms with Crippen LogP contribution >= 0.6 is 11.3 Å². The SMILES string of the molecule is O=C(NC1CC1)c1ccsc1. The fourth-order valence-electron chi connectivity index (χ4n) is 0.890. The Bertz CT molecular complexity index is 251. The van der Waals surface area contributed by atoms with Crippen molar-refractivity contribution in [3.8, 4) is 0 Å². The molecule has 1 heterocycles. The van der Waals surface area contributed by atoms with E-state index in [-0.39, 0.29) is 5.91 Å². The summed E-state index contributed by atoms with van der Waals surface area (Å²) >= 11 is 1.55. The monoisotopic (exact) mass is 167 g/mol. The van der Waals surface area contributed by atoms with Crippen molar-refractivity contribution in [1.82, 2.24) is 5.32 Å². The van der Waals surface area contributed by atoms with Crippen molar-refractivity contribution in [2.24, 2.45) is 0 Å². The second kappa shape index (κ2) is 2.66. The van der Waals surface area contributed by atoms with Crippen LogP contribution in [0.4, 0.5) is 0 Å². The van der Waals surface area contributed by atoms with Crippen LogP contribution in [-0.4, -0.2) is 11.9 Å². The lowest BCUT2D eigenvalue weighted by Crippen LogP contribution is -2.24. The van der Waals surface area contributed by atoms with E-state index in [4.69, 9.17) is 0 Å². The van der Waals surface area contributed by atoms with Gasteiger partial charge in [0.25, 0.3) is 5.91 Å². The summed E-state index contributed by atoms with van der Waals surface area (Å²) in [6, 6.07) is 2.31. The van der Waals surface area contributed by atoms with Gasteiger partial charge in [0, 0.05) is 17.0 Å². The quantitative estimate of drug-likeness (QED) is 0.712. The molecular formula is C8H9NOS. The molecule has 1 N–H and O–H groups in total. The van der Waals surface area contributed by atoms with Crippen LogP contribution in [0.1, 0.15) is 23.2 Å². The van der Waals surface area contributed by atoms with E-state index in [0.29, 0.717) is 6.04 Å². The fraction of sp³-hybridized carbons (Fsp3) is 0.375. The van der Waals surface area contributed by atoms with E-state index in [1.54, 1.807) is 11.3 Å². The number of rotatable bonds is 2. The number of amides is 1. The van der Waals surface area contributed by atoms with Gasteiger partial charge in [0.05, 0.1) is 0 Å². The number of carbonyl (C=O) groups excluding carboxylic acids is 1. The van der Waals surface area contributed by atoms with E-state index in [1.165, 1.54) is 0 Å². The van der Waals surface area contributed by atoms with Gasteiger partial charge in [-0.25, -0.2) is 0 Å². The van der Waals surface area contributed by atoms with Crippen molar-refractivity contribution in [2.75, 3.05) is 0 Å². The van der Waals surface area contributed by atoms with Crippen molar-refractivity contribution in [1.29, 1.82) is 0 Å². The summed E-state index contributed by atoms with van der Waals surface area (Å²) < 4.78 is 0. The molecule has 0 spiro atoms. The Labute approximate surface area is 69.2 Å². The van der Waals surface area contributed by atoms with Crippen molar-refractivity contribution >= 4 is 17.2 Å². The summed E-state index contributed by atoms with van der Waals surface area (Å²) in [6.07, 6.45) is 2.30. The minimum Gasteiger partial charge on any atom is -0.349 e. The normalized spacial score (nSPS) is 16.4. The lowest BCUT2D eigenvalue weighted by molar-refractivity contribution is 0.0951. The average Bonchev–Trinajstić information content (AvgIpc) is 2.67. The number of nitrogens with one attached hydrogen (secondary N) is 1.